The van der Waals surface area contributed by atoms with Gasteiger partial charge in [-0.25, -0.2) is 0 Å². The van der Waals surface area contributed by atoms with Crippen molar-refractivity contribution in [3.63, 3.8) is 0 Å². The van der Waals surface area contributed by atoms with Crippen molar-refractivity contribution in [1.82, 2.24) is 20.1 Å². The highest BCUT2D eigenvalue weighted by Gasteiger charge is 2.05. The van der Waals surface area contributed by atoms with Gasteiger partial charge in [0.25, 0.3) is 0 Å². The van der Waals surface area contributed by atoms with Crippen LogP contribution in [-0.4, -0.2) is 21.3 Å². The first-order chi connectivity index (χ1) is 8.70. The monoisotopic (exact) mass is 264 g/mol. The summed E-state index contributed by atoms with van der Waals surface area (Å²) in [6, 6.07) is 6.05. The lowest BCUT2D eigenvalue weighted by Gasteiger charge is -2.06. The third kappa shape index (κ3) is 3.09. The molecule has 4 nitrogen and oxygen atoms in total. The van der Waals surface area contributed by atoms with Gasteiger partial charge in [0.2, 0.25) is 0 Å². The lowest BCUT2D eigenvalue weighted by molar-refractivity contribution is 0.643. The minimum absolute atomic E-state index is 0.651. The first-order valence-electron chi connectivity index (χ1n) is 6.04. The van der Waals surface area contributed by atoms with Crippen LogP contribution < -0.4 is 5.32 Å². The molecule has 0 saturated carbocycles. The smallest absolute Gasteiger partial charge is 0.0835 e. The lowest BCUT2D eigenvalue weighted by Crippen LogP contribution is -2.14. The molecule has 2 heterocycles. The second-order valence-corrected chi connectivity index (χ2v) is 4.54. The molecule has 0 aromatic carbocycles. The minimum atomic E-state index is 0.651. The SMILES string of the molecule is CCNCc1cccc(Cn2ncc(Cl)c2C)n1. The molecule has 0 unspecified atom stereocenters. The number of aromatic nitrogens is 3. The molecule has 2 aromatic heterocycles. The summed E-state index contributed by atoms with van der Waals surface area (Å²) in [5.74, 6) is 0. The molecule has 0 aliphatic heterocycles. The lowest BCUT2D eigenvalue weighted by atomic mass is 10.3. The summed E-state index contributed by atoms with van der Waals surface area (Å²) in [5, 5.41) is 8.19. The van der Waals surface area contributed by atoms with Crippen LogP contribution in [0, 0.1) is 6.92 Å². The van der Waals surface area contributed by atoms with Crippen molar-refractivity contribution in [2.75, 3.05) is 6.54 Å². The molecule has 0 atom stereocenters. The number of hydrogen-bond acceptors (Lipinski definition) is 3. The van der Waals surface area contributed by atoms with E-state index in [1.807, 2.05) is 29.8 Å². The van der Waals surface area contributed by atoms with E-state index in [2.05, 4.69) is 22.3 Å². The van der Waals surface area contributed by atoms with E-state index in [0.717, 1.165) is 30.2 Å². The Bertz CT molecular complexity index is 521. The molecule has 0 spiro atoms. The average Bonchev–Trinajstić information content (AvgIpc) is 2.69. The van der Waals surface area contributed by atoms with Crippen LogP contribution in [0.3, 0.4) is 0 Å². The second-order valence-electron chi connectivity index (χ2n) is 4.14. The molecule has 0 amide bonds. The molecule has 0 aliphatic carbocycles. The summed E-state index contributed by atoms with van der Waals surface area (Å²) < 4.78 is 1.86. The van der Waals surface area contributed by atoms with Gasteiger partial charge in [0.15, 0.2) is 0 Å². The molecule has 0 saturated heterocycles. The van der Waals surface area contributed by atoms with Gasteiger partial charge in [0, 0.05) is 6.54 Å². The quantitative estimate of drug-likeness (QED) is 0.902. The van der Waals surface area contributed by atoms with Crippen molar-refractivity contribution in [3.05, 3.63) is 46.5 Å². The number of hydrogen-bond donors (Lipinski definition) is 1. The topological polar surface area (TPSA) is 42.7 Å². The van der Waals surface area contributed by atoms with E-state index in [0.29, 0.717) is 11.6 Å². The number of pyridine rings is 1. The Morgan fingerprint density at radius 1 is 1.33 bits per heavy atom. The number of nitrogens with one attached hydrogen (secondary N) is 1. The van der Waals surface area contributed by atoms with E-state index < -0.39 is 0 Å². The Morgan fingerprint density at radius 2 is 2.11 bits per heavy atom. The summed E-state index contributed by atoms with van der Waals surface area (Å²) in [4.78, 5) is 4.59. The van der Waals surface area contributed by atoms with Crippen molar-refractivity contribution in [1.29, 1.82) is 0 Å². The Morgan fingerprint density at radius 3 is 2.78 bits per heavy atom. The molecule has 0 bridgehead atoms. The molecule has 1 N–H and O–H groups in total. The van der Waals surface area contributed by atoms with Crippen molar-refractivity contribution < 1.29 is 0 Å². The summed E-state index contributed by atoms with van der Waals surface area (Å²) in [6.45, 7) is 6.43. The third-order valence-corrected chi connectivity index (χ3v) is 3.15. The van der Waals surface area contributed by atoms with E-state index in [-0.39, 0.29) is 0 Å². The van der Waals surface area contributed by atoms with Gasteiger partial charge >= 0.3 is 0 Å². The van der Waals surface area contributed by atoms with Crippen LogP contribution in [0.2, 0.25) is 5.02 Å². The Balaban J connectivity index is 2.11. The van der Waals surface area contributed by atoms with Crippen molar-refractivity contribution in [2.45, 2.75) is 26.9 Å². The summed E-state index contributed by atoms with van der Waals surface area (Å²) >= 11 is 5.98. The zero-order chi connectivity index (χ0) is 13.0. The highest BCUT2D eigenvalue weighted by molar-refractivity contribution is 6.31. The molecule has 2 rings (SSSR count). The maximum absolute atomic E-state index is 5.98. The molecule has 96 valence electrons. The van der Waals surface area contributed by atoms with Crippen LogP contribution in [0.25, 0.3) is 0 Å². The maximum atomic E-state index is 5.98. The highest BCUT2D eigenvalue weighted by atomic mass is 35.5. The molecular weight excluding hydrogens is 248 g/mol. The minimum Gasteiger partial charge on any atom is -0.311 e. The summed E-state index contributed by atoms with van der Waals surface area (Å²) in [7, 11) is 0. The van der Waals surface area contributed by atoms with E-state index in [9.17, 15) is 0 Å². The Labute approximate surface area is 112 Å². The molecule has 0 fully saturated rings. The van der Waals surface area contributed by atoms with E-state index in [4.69, 9.17) is 11.6 Å². The number of nitrogens with zero attached hydrogens (tertiary/aromatic N) is 3. The van der Waals surface area contributed by atoms with Gasteiger partial charge in [0.1, 0.15) is 0 Å². The zero-order valence-electron chi connectivity index (χ0n) is 10.7. The molecule has 0 radical (unpaired) electrons. The first-order valence-corrected chi connectivity index (χ1v) is 6.42. The molecule has 0 aliphatic rings. The predicted octanol–water partition coefficient (Wildman–Crippen LogP) is 2.40. The third-order valence-electron chi connectivity index (χ3n) is 2.78. The summed E-state index contributed by atoms with van der Waals surface area (Å²) in [5.41, 5.74) is 3.01. The van der Waals surface area contributed by atoms with Crippen LogP contribution in [0.1, 0.15) is 24.0 Å². The molecular formula is C13H17ClN4. The average molecular weight is 265 g/mol. The van der Waals surface area contributed by atoms with Gasteiger partial charge in [-0.2, -0.15) is 5.10 Å². The fourth-order valence-electron chi connectivity index (χ4n) is 1.71. The van der Waals surface area contributed by atoms with Crippen molar-refractivity contribution in [3.8, 4) is 0 Å². The van der Waals surface area contributed by atoms with Gasteiger partial charge < -0.3 is 5.32 Å². The van der Waals surface area contributed by atoms with E-state index in [1.54, 1.807) is 6.20 Å². The fraction of sp³-hybridized carbons (Fsp3) is 0.385. The van der Waals surface area contributed by atoms with Crippen LogP contribution in [-0.2, 0) is 13.1 Å². The van der Waals surface area contributed by atoms with Crippen molar-refractivity contribution in [2.24, 2.45) is 0 Å². The largest absolute Gasteiger partial charge is 0.311 e. The van der Waals surface area contributed by atoms with E-state index >= 15 is 0 Å². The van der Waals surface area contributed by atoms with Gasteiger partial charge in [-0.3, -0.25) is 9.67 Å². The van der Waals surface area contributed by atoms with Gasteiger partial charge in [0.05, 0.1) is 34.8 Å². The first kappa shape index (κ1) is 13.1. The second kappa shape index (κ2) is 5.98. The number of halogens is 1. The van der Waals surface area contributed by atoms with Crippen LogP contribution in [0.15, 0.2) is 24.4 Å². The molecule has 2 aromatic rings. The van der Waals surface area contributed by atoms with Crippen molar-refractivity contribution >= 4 is 11.6 Å². The summed E-state index contributed by atoms with van der Waals surface area (Å²) in [6.07, 6.45) is 1.67. The fourth-order valence-corrected chi connectivity index (χ4v) is 1.85. The van der Waals surface area contributed by atoms with E-state index in [1.165, 1.54) is 0 Å². The Kier molecular flexibility index (Phi) is 4.33. The van der Waals surface area contributed by atoms with Gasteiger partial charge in [-0.1, -0.05) is 24.6 Å². The normalized spacial score (nSPS) is 10.8. The van der Waals surface area contributed by atoms with Gasteiger partial charge in [-0.05, 0) is 25.6 Å². The van der Waals surface area contributed by atoms with Gasteiger partial charge in [-0.15, -0.1) is 0 Å². The standard InChI is InChI=1S/C13H17ClN4/c1-3-15-7-11-5-4-6-12(17-11)9-18-10(2)13(14)8-16-18/h4-6,8,15H,3,7,9H2,1-2H3. The number of rotatable bonds is 5. The molecule has 5 heteroatoms. The van der Waals surface area contributed by atoms with Crippen LogP contribution in [0.5, 0.6) is 0 Å². The molecule has 18 heavy (non-hydrogen) atoms. The highest BCUT2D eigenvalue weighted by Crippen LogP contribution is 2.14. The predicted molar refractivity (Wildman–Crippen MR) is 72.7 cm³/mol. The van der Waals surface area contributed by atoms with Crippen LogP contribution in [0.4, 0.5) is 0 Å². The van der Waals surface area contributed by atoms with Crippen LogP contribution >= 0.6 is 11.6 Å². The Hall–Kier alpha value is -1.39. The maximum Gasteiger partial charge on any atom is 0.0835 e. The zero-order valence-corrected chi connectivity index (χ0v) is 11.4.